The smallest absolute Gasteiger partial charge is 0.340 e. The summed E-state index contributed by atoms with van der Waals surface area (Å²) in [6.45, 7) is 5.64. The van der Waals surface area contributed by atoms with E-state index in [1.54, 1.807) is 67.6 Å². The summed E-state index contributed by atoms with van der Waals surface area (Å²) in [7, 11) is -2.62. The van der Waals surface area contributed by atoms with E-state index in [0.717, 1.165) is 16.7 Å². The van der Waals surface area contributed by atoms with Crippen LogP contribution < -0.4 is 4.90 Å². The summed E-state index contributed by atoms with van der Waals surface area (Å²) in [6.07, 6.45) is 1.49. The van der Waals surface area contributed by atoms with Gasteiger partial charge in [-0.15, -0.1) is 0 Å². The SMILES string of the molecule is COC(=O)C1=C(C)N(c2ccccc2)C(=O)/C1=C/c1ccc(CN(Cc2ccc(C)cc2)S(=O)(=O)c2ccc(C)cc2)o1. The van der Waals surface area contributed by atoms with Crippen molar-refractivity contribution in [3.05, 3.63) is 136 Å². The summed E-state index contributed by atoms with van der Waals surface area (Å²) in [5.74, 6) is -0.369. The first kappa shape index (κ1) is 29.8. The lowest BCUT2D eigenvalue weighted by molar-refractivity contribution is -0.136. The number of esters is 1. The quantitative estimate of drug-likeness (QED) is 0.170. The van der Waals surface area contributed by atoms with Gasteiger partial charge in [-0.25, -0.2) is 13.2 Å². The molecule has 0 fully saturated rings. The number of carbonyl (C=O) groups excluding carboxylic acids is 2. The first-order valence-electron chi connectivity index (χ1n) is 13.7. The number of benzene rings is 3. The number of methoxy groups -OCH3 is 1. The Morgan fingerprint density at radius 3 is 2.12 bits per heavy atom. The maximum Gasteiger partial charge on any atom is 0.340 e. The summed E-state index contributed by atoms with van der Waals surface area (Å²) in [5.41, 5.74) is 4.17. The molecule has 4 aromatic rings. The molecule has 0 N–H and O–H groups in total. The molecular weight excluding hydrogens is 564 g/mol. The molecule has 8 nitrogen and oxygen atoms in total. The van der Waals surface area contributed by atoms with Crippen molar-refractivity contribution in [3.8, 4) is 0 Å². The van der Waals surface area contributed by atoms with E-state index in [2.05, 4.69) is 0 Å². The van der Waals surface area contributed by atoms with E-state index in [4.69, 9.17) is 9.15 Å². The second kappa shape index (κ2) is 12.2. The summed E-state index contributed by atoms with van der Waals surface area (Å²) in [4.78, 5) is 27.9. The summed E-state index contributed by atoms with van der Waals surface area (Å²) in [5, 5.41) is 0. The van der Waals surface area contributed by atoms with E-state index in [1.807, 2.05) is 44.2 Å². The number of amides is 1. The molecule has 0 saturated heterocycles. The Hall–Kier alpha value is -4.73. The number of furan rings is 1. The number of nitrogens with zero attached hydrogens (tertiary/aromatic N) is 2. The van der Waals surface area contributed by atoms with Gasteiger partial charge in [0.2, 0.25) is 10.0 Å². The van der Waals surface area contributed by atoms with Crippen molar-refractivity contribution in [2.75, 3.05) is 12.0 Å². The fraction of sp³-hybridized carbons (Fsp3) is 0.176. The third kappa shape index (κ3) is 6.23. The molecular formula is C34H32N2O6S. The highest BCUT2D eigenvalue weighted by molar-refractivity contribution is 7.89. The van der Waals surface area contributed by atoms with Crippen LogP contribution in [0.1, 0.15) is 35.1 Å². The van der Waals surface area contributed by atoms with Crippen molar-refractivity contribution >= 4 is 33.7 Å². The Balaban J connectivity index is 1.48. The van der Waals surface area contributed by atoms with Crippen molar-refractivity contribution in [3.63, 3.8) is 0 Å². The molecule has 0 saturated carbocycles. The molecule has 43 heavy (non-hydrogen) atoms. The van der Waals surface area contributed by atoms with Gasteiger partial charge in [-0.05, 0) is 68.8 Å². The molecule has 1 aromatic heterocycles. The minimum absolute atomic E-state index is 0.0456. The highest BCUT2D eigenvalue weighted by Gasteiger charge is 2.38. The fourth-order valence-corrected chi connectivity index (χ4v) is 6.32. The highest BCUT2D eigenvalue weighted by atomic mass is 32.2. The Kier molecular flexibility index (Phi) is 8.47. The predicted octanol–water partition coefficient (Wildman–Crippen LogP) is 6.16. The number of hydrogen-bond acceptors (Lipinski definition) is 6. The van der Waals surface area contributed by atoms with Crippen molar-refractivity contribution in [1.82, 2.24) is 4.31 Å². The van der Waals surface area contributed by atoms with Gasteiger partial charge in [0, 0.05) is 17.9 Å². The first-order chi connectivity index (χ1) is 20.6. The number of allylic oxidation sites excluding steroid dienone is 1. The topological polar surface area (TPSA) is 97.1 Å². The molecule has 1 aliphatic rings. The molecule has 0 radical (unpaired) electrons. The normalized spacial score (nSPS) is 14.7. The van der Waals surface area contributed by atoms with E-state index in [1.165, 1.54) is 22.4 Å². The largest absolute Gasteiger partial charge is 0.465 e. The van der Waals surface area contributed by atoms with Crippen LogP contribution in [0, 0.1) is 13.8 Å². The molecule has 1 aliphatic heterocycles. The van der Waals surface area contributed by atoms with Crippen LogP contribution in [-0.4, -0.2) is 31.7 Å². The van der Waals surface area contributed by atoms with Gasteiger partial charge in [0.25, 0.3) is 5.91 Å². The highest BCUT2D eigenvalue weighted by Crippen LogP contribution is 2.35. The van der Waals surface area contributed by atoms with E-state index in [9.17, 15) is 18.0 Å². The van der Waals surface area contributed by atoms with Gasteiger partial charge in [-0.1, -0.05) is 65.7 Å². The van der Waals surface area contributed by atoms with Crippen LogP contribution in [-0.2, 0) is 37.4 Å². The van der Waals surface area contributed by atoms with Crippen LogP contribution in [0.5, 0.6) is 0 Å². The van der Waals surface area contributed by atoms with Crippen LogP contribution in [0.3, 0.4) is 0 Å². The summed E-state index contributed by atoms with van der Waals surface area (Å²) < 4.78 is 39.9. The molecule has 0 spiro atoms. The Labute approximate surface area is 251 Å². The van der Waals surface area contributed by atoms with Crippen molar-refractivity contribution in [2.45, 2.75) is 38.8 Å². The molecule has 1 amide bonds. The Bertz CT molecular complexity index is 1820. The number of aryl methyl sites for hydroxylation is 2. The predicted molar refractivity (Wildman–Crippen MR) is 164 cm³/mol. The fourth-order valence-electron chi connectivity index (χ4n) is 4.92. The van der Waals surface area contributed by atoms with Gasteiger partial charge < -0.3 is 9.15 Å². The average Bonchev–Trinajstić information content (AvgIpc) is 3.54. The van der Waals surface area contributed by atoms with Crippen LogP contribution in [0.2, 0.25) is 0 Å². The van der Waals surface area contributed by atoms with Gasteiger partial charge >= 0.3 is 5.97 Å². The number of anilines is 1. The van der Waals surface area contributed by atoms with Crippen LogP contribution in [0.4, 0.5) is 5.69 Å². The van der Waals surface area contributed by atoms with Crippen molar-refractivity contribution in [1.29, 1.82) is 0 Å². The molecule has 220 valence electrons. The average molecular weight is 597 g/mol. The lowest BCUT2D eigenvalue weighted by Gasteiger charge is -2.21. The van der Waals surface area contributed by atoms with Gasteiger partial charge in [0.1, 0.15) is 11.5 Å². The number of sulfonamides is 1. The molecule has 3 aromatic carbocycles. The Morgan fingerprint density at radius 1 is 0.860 bits per heavy atom. The number of para-hydroxylation sites is 1. The van der Waals surface area contributed by atoms with Crippen LogP contribution >= 0.6 is 0 Å². The van der Waals surface area contributed by atoms with Crippen molar-refractivity contribution < 1.29 is 27.2 Å². The lowest BCUT2D eigenvalue weighted by Crippen LogP contribution is -2.30. The number of carbonyl (C=O) groups is 2. The number of rotatable bonds is 9. The second-order valence-electron chi connectivity index (χ2n) is 10.4. The third-order valence-electron chi connectivity index (χ3n) is 7.24. The number of ether oxygens (including phenoxy) is 1. The monoisotopic (exact) mass is 596 g/mol. The Morgan fingerprint density at radius 2 is 1.49 bits per heavy atom. The van der Waals surface area contributed by atoms with Gasteiger partial charge in [0.05, 0.1) is 29.7 Å². The summed E-state index contributed by atoms with van der Waals surface area (Å²) >= 11 is 0. The molecule has 9 heteroatoms. The van der Waals surface area contributed by atoms with E-state index in [-0.39, 0.29) is 29.1 Å². The van der Waals surface area contributed by atoms with Crippen LogP contribution in [0.25, 0.3) is 6.08 Å². The van der Waals surface area contributed by atoms with E-state index >= 15 is 0 Å². The third-order valence-corrected chi connectivity index (χ3v) is 9.05. The lowest BCUT2D eigenvalue weighted by atomic mass is 10.1. The van der Waals surface area contributed by atoms with Gasteiger partial charge in [0.15, 0.2) is 0 Å². The molecule has 0 unspecified atom stereocenters. The van der Waals surface area contributed by atoms with Gasteiger partial charge in [-0.3, -0.25) is 9.69 Å². The molecule has 5 rings (SSSR count). The van der Waals surface area contributed by atoms with Crippen molar-refractivity contribution in [2.24, 2.45) is 0 Å². The standard InChI is InChI=1S/C34H32N2O6S/c1-23-10-14-26(15-11-23)21-35(43(39,40)30-18-12-24(2)13-19-30)22-29-17-16-28(42-29)20-31-32(34(38)41-4)25(3)36(33(31)37)27-8-6-5-7-9-27/h5-20H,21-22H2,1-4H3/b31-20+. The maximum absolute atomic E-state index is 13.8. The molecule has 0 atom stereocenters. The molecule has 0 aliphatic carbocycles. The van der Waals surface area contributed by atoms with E-state index < -0.39 is 21.9 Å². The zero-order chi connectivity index (χ0) is 30.7. The molecule has 0 bridgehead atoms. The minimum Gasteiger partial charge on any atom is -0.465 e. The van der Waals surface area contributed by atoms with Crippen LogP contribution in [0.15, 0.2) is 117 Å². The summed E-state index contributed by atoms with van der Waals surface area (Å²) in [6, 6.07) is 26.7. The van der Waals surface area contributed by atoms with E-state index in [0.29, 0.717) is 22.9 Å². The first-order valence-corrected chi connectivity index (χ1v) is 15.1. The zero-order valence-electron chi connectivity index (χ0n) is 24.4. The number of hydrogen-bond donors (Lipinski definition) is 0. The second-order valence-corrected chi connectivity index (χ2v) is 12.3. The van der Waals surface area contributed by atoms with Gasteiger partial charge in [-0.2, -0.15) is 4.31 Å². The maximum atomic E-state index is 13.8. The minimum atomic E-state index is -3.89. The zero-order valence-corrected chi connectivity index (χ0v) is 25.2. The molecule has 2 heterocycles.